The molecule has 0 unspecified atom stereocenters. The lowest BCUT2D eigenvalue weighted by Gasteiger charge is -2.22. The molecule has 0 aliphatic heterocycles. The van der Waals surface area contributed by atoms with E-state index in [2.05, 4.69) is 10.3 Å². The predicted molar refractivity (Wildman–Crippen MR) is 140 cm³/mol. The fourth-order valence-electron chi connectivity index (χ4n) is 4.03. The molecule has 9 heteroatoms. The first-order valence-electron chi connectivity index (χ1n) is 12.1. The summed E-state index contributed by atoms with van der Waals surface area (Å²) in [4.78, 5) is 18.0. The minimum Gasteiger partial charge on any atom is -0.294 e. The number of aryl methyl sites for hydroxylation is 1. The van der Waals surface area contributed by atoms with Gasteiger partial charge in [0.25, 0.3) is 0 Å². The first kappa shape index (κ1) is 24.9. The van der Waals surface area contributed by atoms with Crippen molar-refractivity contribution in [1.29, 1.82) is 0 Å². The summed E-state index contributed by atoms with van der Waals surface area (Å²) >= 11 is 0. The Labute approximate surface area is 215 Å². The molecule has 1 aliphatic carbocycles. The molecule has 1 saturated carbocycles. The first-order valence-corrected chi connectivity index (χ1v) is 13.5. The summed E-state index contributed by atoms with van der Waals surface area (Å²) in [6.45, 7) is 1.83. The maximum absolute atomic E-state index is 13.6. The van der Waals surface area contributed by atoms with Crippen molar-refractivity contribution in [2.24, 2.45) is 5.92 Å². The number of halogens is 1. The van der Waals surface area contributed by atoms with Crippen molar-refractivity contribution in [3.63, 3.8) is 0 Å². The number of imidazole rings is 1. The van der Waals surface area contributed by atoms with Crippen LogP contribution in [0.2, 0.25) is 0 Å². The number of rotatable bonds is 9. The van der Waals surface area contributed by atoms with Gasteiger partial charge in [0.15, 0.2) is 0 Å². The van der Waals surface area contributed by atoms with Gasteiger partial charge in [0, 0.05) is 24.0 Å². The van der Waals surface area contributed by atoms with Gasteiger partial charge in [-0.05, 0) is 62.1 Å². The van der Waals surface area contributed by atoms with Crippen LogP contribution in [0.15, 0.2) is 90.0 Å². The highest BCUT2D eigenvalue weighted by atomic mass is 32.2. The highest BCUT2D eigenvalue weighted by Gasteiger charge is 2.33. The zero-order valence-corrected chi connectivity index (χ0v) is 21.2. The molecular formula is C28H27FN4O3S. The fraction of sp³-hybridized carbons (Fsp3) is 0.214. The highest BCUT2D eigenvalue weighted by Crippen LogP contribution is 2.32. The quantitative estimate of drug-likeness (QED) is 0.337. The van der Waals surface area contributed by atoms with Gasteiger partial charge >= 0.3 is 0 Å². The van der Waals surface area contributed by atoms with E-state index in [9.17, 15) is 17.6 Å². The van der Waals surface area contributed by atoms with E-state index in [1.165, 1.54) is 16.4 Å². The molecule has 4 aromatic rings. The first-order chi connectivity index (χ1) is 17.8. The van der Waals surface area contributed by atoms with Crippen molar-refractivity contribution in [3.8, 4) is 16.9 Å². The summed E-state index contributed by atoms with van der Waals surface area (Å²) in [5.41, 5.74) is 3.01. The lowest BCUT2D eigenvalue weighted by molar-refractivity contribution is -0.116. The minimum atomic E-state index is -3.86. The topological polar surface area (TPSA) is 84.3 Å². The summed E-state index contributed by atoms with van der Waals surface area (Å²) in [6, 6.07) is 21.9. The smallest absolute Gasteiger partial charge is 0.243 e. The minimum absolute atomic E-state index is 0.158. The number of nitrogens with one attached hydrogen (secondary N) is 1. The number of sulfonamides is 1. The molecule has 190 valence electrons. The maximum Gasteiger partial charge on any atom is 0.243 e. The third-order valence-corrected chi connectivity index (χ3v) is 8.09. The zero-order chi connectivity index (χ0) is 26.0. The van der Waals surface area contributed by atoms with E-state index in [-0.39, 0.29) is 35.7 Å². The van der Waals surface area contributed by atoms with E-state index >= 15 is 0 Å². The molecule has 0 bridgehead atoms. The number of carbonyl (C=O) groups excluding carboxylic acids is 1. The van der Waals surface area contributed by atoms with Crippen LogP contribution in [0, 0.1) is 18.7 Å². The highest BCUT2D eigenvalue weighted by molar-refractivity contribution is 7.89. The van der Waals surface area contributed by atoms with Crippen LogP contribution >= 0.6 is 0 Å². The van der Waals surface area contributed by atoms with Gasteiger partial charge in [0.2, 0.25) is 21.9 Å². The molecule has 0 spiro atoms. The van der Waals surface area contributed by atoms with Crippen LogP contribution in [0.4, 0.5) is 10.3 Å². The largest absolute Gasteiger partial charge is 0.294 e. The van der Waals surface area contributed by atoms with Crippen molar-refractivity contribution in [1.82, 2.24) is 13.9 Å². The standard InChI is InChI=1S/C28H27FN4O3S/c1-20-7-15-25(16-8-20)37(35,36)32(17-21-9-10-21)19-27(34)31-28-30-26(22-5-3-2-4-6-22)18-33(28)24-13-11-23(29)12-14-24/h2-8,11-16,18,21H,9-10,17,19H2,1H3,(H,30,31,34). The number of benzene rings is 3. The number of amides is 1. The van der Waals surface area contributed by atoms with E-state index in [1.807, 2.05) is 37.3 Å². The maximum atomic E-state index is 13.6. The second-order valence-corrected chi connectivity index (χ2v) is 11.2. The molecule has 1 aliphatic rings. The van der Waals surface area contributed by atoms with E-state index in [4.69, 9.17) is 0 Å². The zero-order valence-electron chi connectivity index (χ0n) is 20.3. The van der Waals surface area contributed by atoms with Gasteiger partial charge in [-0.3, -0.25) is 14.7 Å². The van der Waals surface area contributed by atoms with E-state index in [0.717, 1.165) is 24.0 Å². The average molecular weight is 519 g/mol. The van der Waals surface area contributed by atoms with Crippen LogP contribution in [0.5, 0.6) is 0 Å². The number of carbonyl (C=O) groups is 1. The number of anilines is 1. The van der Waals surface area contributed by atoms with Crippen LogP contribution in [0.3, 0.4) is 0 Å². The Morgan fingerprint density at radius 1 is 1.03 bits per heavy atom. The molecule has 0 saturated heterocycles. The van der Waals surface area contributed by atoms with Crippen LogP contribution < -0.4 is 5.32 Å². The van der Waals surface area contributed by atoms with Gasteiger partial charge in [-0.25, -0.2) is 17.8 Å². The SMILES string of the molecule is Cc1ccc(S(=O)(=O)N(CC(=O)Nc2nc(-c3ccccc3)cn2-c2ccc(F)cc2)CC2CC2)cc1. The molecule has 1 heterocycles. The van der Waals surface area contributed by atoms with Gasteiger partial charge in [-0.15, -0.1) is 0 Å². The number of nitrogens with zero attached hydrogens (tertiary/aromatic N) is 3. The van der Waals surface area contributed by atoms with Gasteiger partial charge in [0.05, 0.1) is 17.1 Å². The Balaban J connectivity index is 1.43. The molecule has 37 heavy (non-hydrogen) atoms. The molecule has 3 aromatic carbocycles. The van der Waals surface area contributed by atoms with E-state index in [1.54, 1.807) is 47.2 Å². The molecule has 1 amide bonds. The lowest BCUT2D eigenvalue weighted by atomic mass is 10.2. The van der Waals surface area contributed by atoms with Crippen LogP contribution in [-0.4, -0.2) is 41.3 Å². The Hall–Kier alpha value is -3.82. The molecule has 0 radical (unpaired) electrons. The Kier molecular flexibility index (Phi) is 6.90. The second kappa shape index (κ2) is 10.3. The number of aromatic nitrogens is 2. The summed E-state index contributed by atoms with van der Waals surface area (Å²) in [7, 11) is -3.86. The van der Waals surface area contributed by atoms with Gasteiger partial charge < -0.3 is 0 Å². The average Bonchev–Trinajstić information content (AvgIpc) is 3.62. The van der Waals surface area contributed by atoms with Gasteiger partial charge in [-0.2, -0.15) is 4.31 Å². The summed E-state index contributed by atoms with van der Waals surface area (Å²) in [5.74, 6) is -0.423. The van der Waals surface area contributed by atoms with Crippen molar-refractivity contribution in [3.05, 3.63) is 96.4 Å². The van der Waals surface area contributed by atoms with E-state index < -0.39 is 15.9 Å². The van der Waals surface area contributed by atoms with Crippen LogP contribution in [0.25, 0.3) is 16.9 Å². The van der Waals surface area contributed by atoms with E-state index in [0.29, 0.717) is 11.4 Å². The molecule has 1 fully saturated rings. The normalized spacial score (nSPS) is 13.6. The van der Waals surface area contributed by atoms with Gasteiger partial charge in [-0.1, -0.05) is 48.0 Å². The summed E-state index contributed by atoms with van der Waals surface area (Å²) < 4.78 is 43.2. The Morgan fingerprint density at radius 3 is 2.35 bits per heavy atom. The van der Waals surface area contributed by atoms with Crippen LogP contribution in [-0.2, 0) is 14.8 Å². The van der Waals surface area contributed by atoms with Crippen molar-refractivity contribution in [2.75, 3.05) is 18.4 Å². The molecule has 7 nitrogen and oxygen atoms in total. The number of hydrogen-bond donors (Lipinski definition) is 1. The van der Waals surface area contributed by atoms with Crippen molar-refractivity contribution in [2.45, 2.75) is 24.7 Å². The lowest BCUT2D eigenvalue weighted by Crippen LogP contribution is -2.39. The van der Waals surface area contributed by atoms with Crippen LogP contribution in [0.1, 0.15) is 18.4 Å². The molecular weight excluding hydrogens is 491 g/mol. The van der Waals surface area contributed by atoms with Crippen molar-refractivity contribution >= 4 is 21.9 Å². The third kappa shape index (κ3) is 5.79. The number of hydrogen-bond acceptors (Lipinski definition) is 4. The van der Waals surface area contributed by atoms with Gasteiger partial charge in [0.1, 0.15) is 5.82 Å². The third-order valence-electron chi connectivity index (χ3n) is 6.27. The Bertz CT molecular complexity index is 1500. The monoisotopic (exact) mass is 518 g/mol. The molecule has 1 N–H and O–H groups in total. The Morgan fingerprint density at radius 2 is 1.70 bits per heavy atom. The molecule has 1 aromatic heterocycles. The molecule has 5 rings (SSSR count). The van der Waals surface area contributed by atoms with Crippen molar-refractivity contribution < 1.29 is 17.6 Å². The second-order valence-electron chi connectivity index (χ2n) is 9.26. The summed E-state index contributed by atoms with van der Waals surface area (Å²) in [6.07, 6.45) is 3.64. The molecule has 0 atom stereocenters. The fourth-order valence-corrected chi connectivity index (χ4v) is 5.51. The summed E-state index contributed by atoms with van der Waals surface area (Å²) in [5, 5.41) is 2.78. The predicted octanol–water partition coefficient (Wildman–Crippen LogP) is 5.03.